The van der Waals surface area contributed by atoms with Gasteiger partial charge in [-0.3, -0.25) is 19.5 Å². The lowest BCUT2D eigenvalue weighted by Crippen LogP contribution is -2.29. The van der Waals surface area contributed by atoms with Gasteiger partial charge in [0.2, 0.25) is 0 Å². The number of aromatic nitrogens is 1. The first kappa shape index (κ1) is 20.6. The summed E-state index contributed by atoms with van der Waals surface area (Å²) in [6, 6.07) is 16.0. The van der Waals surface area contributed by atoms with E-state index in [1.807, 2.05) is 6.92 Å². The second-order valence-corrected chi connectivity index (χ2v) is 7.33. The van der Waals surface area contributed by atoms with Gasteiger partial charge in [0, 0.05) is 28.7 Å². The van der Waals surface area contributed by atoms with Crippen LogP contribution < -0.4 is 9.64 Å². The molecule has 0 bridgehead atoms. The minimum atomic E-state index is -0.848. The molecule has 1 unspecified atom stereocenters. The first-order valence-electron chi connectivity index (χ1n) is 9.71. The SMILES string of the molecule is CCOc1ccc(/C(O)=C2\C(=O)C(=O)N(c3cccc(Cl)c3)C2c2cccnc2)cc1. The molecule has 2 aromatic carbocycles. The largest absolute Gasteiger partial charge is 0.507 e. The van der Waals surface area contributed by atoms with Crippen molar-refractivity contribution in [2.24, 2.45) is 0 Å². The van der Waals surface area contributed by atoms with Gasteiger partial charge in [0.25, 0.3) is 11.7 Å². The molecule has 0 radical (unpaired) electrons. The molecular weight excluding hydrogens is 416 g/mol. The Bertz CT molecular complexity index is 1160. The highest BCUT2D eigenvalue weighted by atomic mass is 35.5. The van der Waals surface area contributed by atoms with E-state index in [9.17, 15) is 14.7 Å². The van der Waals surface area contributed by atoms with Crippen molar-refractivity contribution in [3.05, 3.63) is 94.8 Å². The maximum absolute atomic E-state index is 13.1. The highest BCUT2D eigenvalue weighted by Crippen LogP contribution is 2.42. The lowest BCUT2D eigenvalue weighted by atomic mass is 9.96. The van der Waals surface area contributed by atoms with E-state index in [4.69, 9.17) is 16.3 Å². The van der Waals surface area contributed by atoms with Gasteiger partial charge in [0.15, 0.2) is 0 Å². The Balaban J connectivity index is 1.88. The number of carbonyl (C=O) groups excluding carboxylic acids is 2. The fourth-order valence-corrected chi connectivity index (χ4v) is 3.79. The minimum absolute atomic E-state index is 0.0119. The predicted octanol–water partition coefficient (Wildman–Crippen LogP) is 4.76. The van der Waals surface area contributed by atoms with Crippen molar-refractivity contribution >= 4 is 34.7 Å². The molecule has 1 atom stereocenters. The van der Waals surface area contributed by atoms with Gasteiger partial charge in [-0.05, 0) is 61.0 Å². The highest BCUT2D eigenvalue weighted by molar-refractivity contribution is 6.51. The van der Waals surface area contributed by atoms with Gasteiger partial charge in [-0.15, -0.1) is 0 Å². The van der Waals surface area contributed by atoms with Crippen molar-refractivity contribution in [3.8, 4) is 5.75 Å². The van der Waals surface area contributed by atoms with E-state index in [-0.39, 0.29) is 11.3 Å². The number of ether oxygens (including phenoxy) is 1. The zero-order valence-electron chi connectivity index (χ0n) is 16.7. The molecular formula is C24H19ClN2O4. The number of carbonyl (C=O) groups is 2. The van der Waals surface area contributed by atoms with Crippen LogP contribution in [-0.4, -0.2) is 28.4 Å². The Morgan fingerprint density at radius 2 is 1.90 bits per heavy atom. The quantitative estimate of drug-likeness (QED) is 0.356. The summed E-state index contributed by atoms with van der Waals surface area (Å²) in [6.45, 7) is 2.39. The number of benzene rings is 2. The molecule has 31 heavy (non-hydrogen) atoms. The van der Waals surface area contributed by atoms with Crippen LogP contribution in [0.5, 0.6) is 5.75 Å². The summed E-state index contributed by atoms with van der Waals surface area (Å²) in [4.78, 5) is 31.6. The number of hydrogen-bond donors (Lipinski definition) is 1. The number of amides is 1. The number of Topliss-reactive ketones (excluding diaryl/α,β-unsaturated/α-hetero) is 1. The molecule has 0 aliphatic carbocycles. The molecule has 1 aromatic heterocycles. The average Bonchev–Trinajstić information content (AvgIpc) is 3.05. The van der Waals surface area contributed by atoms with Crippen LogP contribution in [0, 0.1) is 0 Å². The molecule has 1 aliphatic heterocycles. The Kier molecular flexibility index (Phi) is 5.73. The van der Waals surface area contributed by atoms with Crippen molar-refractivity contribution in [1.29, 1.82) is 0 Å². The van der Waals surface area contributed by atoms with Gasteiger partial charge in [-0.25, -0.2) is 0 Å². The number of pyridine rings is 1. The first-order valence-corrected chi connectivity index (χ1v) is 10.1. The minimum Gasteiger partial charge on any atom is -0.507 e. The Morgan fingerprint density at radius 1 is 1.13 bits per heavy atom. The van der Waals surface area contributed by atoms with Crippen LogP contribution in [0.1, 0.15) is 24.1 Å². The van der Waals surface area contributed by atoms with Crippen molar-refractivity contribution in [1.82, 2.24) is 4.98 Å². The summed E-state index contributed by atoms with van der Waals surface area (Å²) < 4.78 is 5.43. The third-order valence-electron chi connectivity index (χ3n) is 4.97. The van der Waals surface area contributed by atoms with E-state index in [0.717, 1.165) is 0 Å². The number of hydrogen-bond acceptors (Lipinski definition) is 5. The highest BCUT2D eigenvalue weighted by Gasteiger charge is 2.47. The Labute approximate surface area is 184 Å². The third kappa shape index (κ3) is 3.90. The molecule has 6 nitrogen and oxygen atoms in total. The normalized spacial score (nSPS) is 17.7. The van der Waals surface area contributed by atoms with Crippen LogP contribution in [0.15, 0.2) is 78.6 Å². The summed E-state index contributed by atoms with van der Waals surface area (Å²) in [5.41, 5.74) is 1.44. The van der Waals surface area contributed by atoms with Gasteiger partial charge in [-0.2, -0.15) is 0 Å². The molecule has 7 heteroatoms. The number of nitrogens with zero attached hydrogens (tertiary/aromatic N) is 2. The van der Waals surface area contributed by atoms with Gasteiger partial charge < -0.3 is 9.84 Å². The van der Waals surface area contributed by atoms with Crippen LogP contribution in [0.25, 0.3) is 5.76 Å². The van der Waals surface area contributed by atoms with Gasteiger partial charge in [-0.1, -0.05) is 23.7 Å². The van der Waals surface area contributed by atoms with Gasteiger partial charge in [0.05, 0.1) is 18.2 Å². The van der Waals surface area contributed by atoms with Gasteiger partial charge >= 0.3 is 0 Å². The van der Waals surface area contributed by atoms with E-state index in [2.05, 4.69) is 4.98 Å². The third-order valence-corrected chi connectivity index (χ3v) is 5.20. The summed E-state index contributed by atoms with van der Waals surface area (Å²) in [5.74, 6) is -1.15. The standard InChI is InChI=1S/C24H19ClN2O4/c1-2-31-19-10-8-15(9-11-19)22(28)20-21(16-5-4-12-26-14-16)27(24(30)23(20)29)18-7-3-6-17(25)13-18/h3-14,21,28H,2H2,1H3/b22-20+. The molecule has 1 fully saturated rings. The van der Waals surface area contributed by atoms with Gasteiger partial charge in [0.1, 0.15) is 11.5 Å². The topological polar surface area (TPSA) is 79.7 Å². The fourth-order valence-electron chi connectivity index (χ4n) is 3.61. The zero-order chi connectivity index (χ0) is 22.0. The van der Waals surface area contributed by atoms with E-state index >= 15 is 0 Å². The number of aliphatic hydroxyl groups is 1. The van der Waals surface area contributed by atoms with Crippen LogP contribution in [-0.2, 0) is 9.59 Å². The molecule has 0 saturated carbocycles. The van der Waals surface area contributed by atoms with Crippen molar-refractivity contribution in [2.45, 2.75) is 13.0 Å². The molecule has 0 spiro atoms. The molecule has 3 aromatic rings. The van der Waals surface area contributed by atoms with E-state index in [0.29, 0.717) is 34.2 Å². The summed E-state index contributed by atoms with van der Waals surface area (Å²) >= 11 is 6.13. The second kappa shape index (κ2) is 8.62. The van der Waals surface area contributed by atoms with E-state index in [1.54, 1.807) is 73.1 Å². The van der Waals surface area contributed by atoms with E-state index in [1.165, 1.54) is 4.90 Å². The Morgan fingerprint density at radius 3 is 2.55 bits per heavy atom. The average molecular weight is 435 g/mol. The number of rotatable bonds is 5. The number of aliphatic hydroxyl groups excluding tert-OH is 1. The maximum Gasteiger partial charge on any atom is 0.300 e. The molecule has 156 valence electrons. The lowest BCUT2D eigenvalue weighted by Gasteiger charge is -2.25. The monoisotopic (exact) mass is 434 g/mol. The predicted molar refractivity (Wildman–Crippen MR) is 118 cm³/mol. The molecule has 1 aliphatic rings. The molecule has 2 heterocycles. The van der Waals surface area contributed by atoms with Crippen LogP contribution in [0.4, 0.5) is 5.69 Å². The summed E-state index contributed by atoms with van der Waals surface area (Å²) in [6.07, 6.45) is 3.17. The summed E-state index contributed by atoms with van der Waals surface area (Å²) in [7, 11) is 0. The molecule has 1 saturated heterocycles. The lowest BCUT2D eigenvalue weighted by molar-refractivity contribution is -0.132. The second-order valence-electron chi connectivity index (χ2n) is 6.89. The molecule has 1 amide bonds. The van der Waals surface area contributed by atoms with Crippen molar-refractivity contribution < 1.29 is 19.4 Å². The maximum atomic E-state index is 13.1. The van der Waals surface area contributed by atoms with Crippen molar-refractivity contribution in [3.63, 3.8) is 0 Å². The van der Waals surface area contributed by atoms with Crippen LogP contribution in [0.2, 0.25) is 5.02 Å². The Hall–Kier alpha value is -3.64. The smallest absolute Gasteiger partial charge is 0.300 e. The number of ketones is 1. The first-order chi connectivity index (χ1) is 15.0. The zero-order valence-corrected chi connectivity index (χ0v) is 17.4. The van der Waals surface area contributed by atoms with E-state index < -0.39 is 17.7 Å². The summed E-state index contributed by atoms with van der Waals surface area (Å²) in [5, 5.41) is 11.5. The number of halogens is 1. The molecule has 1 N–H and O–H groups in total. The van der Waals surface area contributed by atoms with Crippen molar-refractivity contribution in [2.75, 3.05) is 11.5 Å². The fraction of sp³-hybridized carbons (Fsp3) is 0.125. The number of anilines is 1. The molecule has 4 rings (SSSR count). The van der Waals surface area contributed by atoms with Crippen LogP contribution in [0.3, 0.4) is 0 Å². The van der Waals surface area contributed by atoms with Crippen LogP contribution >= 0.6 is 11.6 Å².